The summed E-state index contributed by atoms with van der Waals surface area (Å²) in [7, 11) is 0. The molecule has 0 aliphatic rings. The van der Waals surface area contributed by atoms with Gasteiger partial charge in [0.15, 0.2) is 6.29 Å². The van der Waals surface area contributed by atoms with Crippen molar-refractivity contribution in [3.8, 4) is 0 Å². The highest BCUT2D eigenvalue weighted by Crippen LogP contribution is 1.92. The zero-order chi connectivity index (χ0) is 7.82. The van der Waals surface area contributed by atoms with Crippen molar-refractivity contribution in [3.05, 3.63) is 23.8 Å². The second-order valence-electron chi connectivity index (χ2n) is 1.51. The molecule has 0 aliphatic carbocycles. The number of nitrogens with zero attached hydrogens (tertiary/aromatic N) is 1. The maximum atomic E-state index is 10.1. The SMILES string of the molecule is C=CCC=N/C(C=O)=C\S. The summed E-state index contributed by atoms with van der Waals surface area (Å²) < 4.78 is 0. The molecule has 10 heavy (non-hydrogen) atoms. The monoisotopic (exact) mass is 155 g/mol. The number of aliphatic imine (C=N–C) groups is 1. The van der Waals surface area contributed by atoms with Crippen molar-refractivity contribution in [2.24, 2.45) is 4.99 Å². The number of carbonyl (C=O) groups is 1. The van der Waals surface area contributed by atoms with E-state index in [4.69, 9.17) is 0 Å². The van der Waals surface area contributed by atoms with Gasteiger partial charge in [-0.3, -0.25) is 9.79 Å². The van der Waals surface area contributed by atoms with E-state index in [0.29, 0.717) is 18.4 Å². The van der Waals surface area contributed by atoms with Crippen LogP contribution in [0.25, 0.3) is 0 Å². The summed E-state index contributed by atoms with van der Waals surface area (Å²) >= 11 is 3.76. The lowest BCUT2D eigenvalue weighted by Crippen LogP contribution is -1.78. The Bertz CT molecular complexity index is 172. The van der Waals surface area contributed by atoms with Gasteiger partial charge < -0.3 is 0 Å². The van der Waals surface area contributed by atoms with Gasteiger partial charge in [-0.25, -0.2) is 0 Å². The Hall–Kier alpha value is -0.830. The van der Waals surface area contributed by atoms with E-state index in [0.717, 1.165) is 0 Å². The summed E-state index contributed by atoms with van der Waals surface area (Å²) in [5.74, 6) is 0. The molecule has 0 rings (SSSR count). The van der Waals surface area contributed by atoms with Crippen LogP contribution in [-0.4, -0.2) is 12.5 Å². The first-order valence-corrected chi connectivity index (χ1v) is 3.29. The molecule has 54 valence electrons. The van der Waals surface area contributed by atoms with Crippen molar-refractivity contribution in [3.63, 3.8) is 0 Å². The Morgan fingerprint density at radius 3 is 2.80 bits per heavy atom. The Morgan fingerprint density at radius 2 is 2.40 bits per heavy atom. The van der Waals surface area contributed by atoms with E-state index in [-0.39, 0.29) is 0 Å². The van der Waals surface area contributed by atoms with Crippen molar-refractivity contribution >= 4 is 25.1 Å². The molecule has 0 saturated carbocycles. The normalized spacial score (nSPS) is 11.9. The van der Waals surface area contributed by atoms with Crippen LogP contribution in [0.2, 0.25) is 0 Å². The highest BCUT2D eigenvalue weighted by atomic mass is 32.1. The molecule has 0 spiro atoms. The summed E-state index contributed by atoms with van der Waals surface area (Å²) in [5.41, 5.74) is 0.324. The molecule has 0 aliphatic heterocycles. The average molecular weight is 155 g/mol. The maximum absolute atomic E-state index is 10.1. The number of carbonyl (C=O) groups excluding carboxylic acids is 1. The number of thiol groups is 1. The molecule has 0 radical (unpaired) electrons. The average Bonchev–Trinajstić information content (AvgIpc) is 1.99. The van der Waals surface area contributed by atoms with E-state index in [2.05, 4.69) is 24.2 Å². The van der Waals surface area contributed by atoms with Gasteiger partial charge in [-0.05, 0) is 5.41 Å². The molecule has 0 unspecified atom stereocenters. The van der Waals surface area contributed by atoms with Gasteiger partial charge in [-0.2, -0.15) is 0 Å². The lowest BCUT2D eigenvalue weighted by atomic mass is 10.4. The number of hydrogen-bond acceptors (Lipinski definition) is 3. The van der Waals surface area contributed by atoms with Gasteiger partial charge >= 0.3 is 0 Å². The fourth-order valence-corrected chi connectivity index (χ4v) is 0.454. The van der Waals surface area contributed by atoms with Crippen LogP contribution in [0.15, 0.2) is 28.8 Å². The van der Waals surface area contributed by atoms with Crippen molar-refractivity contribution < 1.29 is 4.79 Å². The summed E-state index contributed by atoms with van der Waals surface area (Å²) in [6.07, 6.45) is 4.61. The molecule has 0 aromatic rings. The first-order chi connectivity index (χ1) is 4.85. The molecule has 0 aromatic carbocycles. The summed E-state index contributed by atoms with van der Waals surface area (Å²) in [4.78, 5) is 13.8. The molecule has 0 bridgehead atoms. The lowest BCUT2D eigenvalue weighted by molar-refractivity contribution is -0.104. The maximum Gasteiger partial charge on any atom is 0.168 e. The van der Waals surface area contributed by atoms with Crippen molar-refractivity contribution in [2.75, 3.05) is 0 Å². The zero-order valence-corrected chi connectivity index (χ0v) is 6.42. The van der Waals surface area contributed by atoms with Gasteiger partial charge in [0.2, 0.25) is 0 Å². The quantitative estimate of drug-likeness (QED) is 0.216. The fraction of sp³-hybridized carbons (Fsp3) is 0.143. The van der Waals surface area contributed by atoms with E-state index in [1.807, 2.05) is 0 Å². The molecule has 0 heterocycles. The molecule has 0 N–H and O–H groups in total. The third-order valence-electron chi connectivity index (χ3n) is 0.765. The van der Waals surface area contributed by atoms with Gasteiger partial charge in [0.05, 0.1) is 0 Å². The molecular formula is C7H9NOS. The lowest BCUT2D eigenvalue weighted by Gasteiger charge is -1.83. The molecule has 0 amide bonds. The molecule has 2 nitrogen and oxygen atoms in total. The topological polar surface area (TPSA) is 29.4 Å². The molecule has 0 aromatic heterocycles. The third kappa shape index (κ3) is 4.09. The van der Waals surface area contributed by atoms with Crippen LogP contribution in [0.4, 0.5) is 0 Å². The largest absolute Gasteiger partial charge is 0.296 e. The van der Waals surface area contributed by atoms with Crippen LogP contribution in [-0.2, 0) is 4.79 Å². The molecule has 0 fully saturated rings. The van der Waals surface area contributed by atoms with Gasteiger partial charge in [0.25, 0.3) is 0 Å². The first kappa shape index (κ1) is 9.17. The minimum atomic E-state index is 0.324. The van der Waals surface area contributed by atoms with Gasteiger partial charge in [-0.15, -0.1) is 19.2 Å². The van der Waals surface area contributed by atoms with Crippen LogP contribution in [0.5, 0.6) is 0 Å². The van der Waals surface area contributed by atoms with Crippen molar-refractivity contribution in [1.82, 2.24) is 0 Å². The summed E-state index contributed by atoms with van der Waals surface area (Å²) in [6, 6.07) is 0. The predicted octanol–water partition coefficient (Wildman–Crippen LogP) is 1.60. The Labute approximate surface area is 65.8 Å². The number of hydrogen-bond donors (Lipinski definition) is 1. The van der Waals surface area contributed by atoms with Crippen molar-refractivity contribution in [1.29, 1.82) is 0 Å². The Balaban J connectivity index is 3.84. The number of allylic oxidation sites excluding steroid dienone is 2. The second kappa shape index (κ2) is 6.29. The highest BCUT2D eigenvalue weighted by Gasteiger charge is 1.83. The molecule has 3 heteroatoms. The molecule has 0 saturated heterocycles. The third-order valence-corrected chi connectivity index (χ3v) is 1.03. The zero-order valence-electron chi connectivity index (χ0n) is 5.53. The van der Waals surface area contributed by atoms with E-state index < -0.39 is 0 Å². The van der Waals surface area contributed by atoms with Crippen LogP contribution < -0.4 is 0 Å². The van der Waals surface area contributed by atoms with Crippen LogP contribution in [0.1, 0.15) is 6.42 Å². The van der Waals surface area contributed by atoms with Crippen LogP contribution in [0.3, 0.4) is 0 Å². The van der Waals surface area contributed by atoms with Gasteiger partial charge in [-0.1, -0.05) is 6.08 Å². The number of aldehydes is 1. The van der Waals surface area contributed by atoms with E-state index >= 15 is 0 Å². The summed E-state index contributed by atoms with van der Waals surface area (Å²) in [6.45, 7) is 3.49. The standard InChI is InChI=1S/C7H9NOS/c1-2-3-4-8-7(5-9)6-10/h2,4-6,10H,1,3H2/b7-6-,8-4?. The minimum Gasteiger partial charge on any atom is -0.296 e. The number of rotatable bonds is 4. The minimum absolute atomic E-state index is 0.324. The second-order valence-corrected chi connectivity index (χ2v) is 1.77. The fourth-order valence-electron chi connectivity index (χ4n) is 0.327. The van der Waals surface area contributed by atoms with E-state index in [1.165, 1.54) is 5.41 Å². The van der Waals surface area contributed by atoms with E-state index in [1.54, 1.807) is 12.3 Å². The van der Waals surface area contributed by atoms with Crippen LogP contribution >= 0.6 is 12.6 Å². The Morgan fingerprint density at radius 1 is 1.70 bits per heavy atom. The smallest absolute Gasteiger partial charge is 0.168 e. The van der Waals surface area contributed by atoms with Crippen LogP contribution in [0, 0.1) is 0 Å². The van der Waals surface area contributed by atoms with Gasteiger partial charge in [0, 0.05) is 12.6 Å². The predicted molar refractivity (Wildman–Crippen MR) is 46.4 cm³/mol. The summed E-state index contributed by atoms with van der Waals surface area (Å²) in [5, 5.41) is 1.35. The van der Waals surface area contributed by atoms with Crippen molar-refractivity contribution in [2.45, 2.75) is 6.42 Å². The highest BCUT2D eigenvalue weighted by molar-refractivity contribution is 7.83. The van der Waals surface area contributed by atoms with Gasteiger partial charge in [0.1, 0.15) is 5.70 Å². The molecular weight excluding hydrogens is 146 g/mol. The van der Waals surface area contributed by atoms with E-state index in [9.17, 15) is 4.79 Å². The first-order valence-electron chi connectivity index (χ1n) is 2.78. The molecule has 0 atom stereocenters. The Kier molecular flexibility index (Phi) is 5.77.